The van der Waals surface area contributed by atoms with E-state index < -0.39 is 0 Å². The van der Waals surface area contributed by atoms with Crippen molar-refractivity contribution in [2.75, 3.05) is 32.8 Å². The van der Waals surface area contributed by atoms with Crippen LogP contribution in [0.15, 0.2) is 0 Å². The van der Waals surface area contributed by atoms with Crippen molar-refractivity contribution in [3.63, 3.8) is 0 Å². The number of hydrogen-bond donors (Lipinski definition) is 0. The van der Waals surface area contributed by atoms with E-state index in [0.29, 0.717) is 19.1 Å². The fourth-order valence-electron chi connectivity index (χ4n) is 3.47. The molecule has 0 bridgehead atoms. The molecular weight excluding hydrogens is 399 g/mol. The molecule has 21 heavy (non-hydrogen) atoms. The number of carbonyl (C=O) groups excluding carboxylic acids is 1. The average molecular weight is 426 g/mol. The van der Waals surface area contributed by atoms with Crippen LogP contribution in [0.25, 0.3) is 0 Å². The zero-order valence-corrected chi connectivity index (χ0v) is 15.9. The van der Waals surface area contributed by atoms with Gasteiger partial charge in [0.05, 0.1) is 13.0 Å². The van der Waals surface area contributed by atoms with Crippen molar-refractivity contribution in [3.8, 4) is 0 Å². The van der Waals surface area contributed by atoms with E-state index in [2.05, 4.69) is 30.4 Å². The molecule has 2 fully saturated rings. The molecule has 1 atom stereocenters. The number of halogens is 1. The summed E-state index contributed by atoms with van der Waals surface area (Å²) in [5, 5.41) is 0. The second kappa shape index (κ2) is 9.57. The summed E-state index contributed by atoms with van der Waals surface area (Å²) >= 11 is 2.34. The van der Waals surface area contributed by atoms with Crippen molar-refractivity contribution >= 4 is 36.3 Å². The van der Waals surface area contributed by atoms with E-state index in [0.717, 1.165) is 25.6 Å². The quantitative estimate of drug-likeness (QED) is 0.369. The third kappa shape index (κ3) is 5.88. The lowest BCUT2D eigenvalue weighted by molar-refractivity contribution is -0.145. The zero-order valence-electron chi connectivity index (χ0n) is 12.9. The van der Waals surface area contributed by atoms with Gasteiger partial charge in [-0.3, -0.25) is 9.69 Å². The monoisotopic (exact) mass is 426 g/mol. The smallest absolute Gasteiger partial charge is 0.307 e. The molecule has 1 saturated carbocycles. The van der Waals surface area contributed by atoms with Crippen LogP contribution < -0.4 is 0 Å². The number of hydrogen-bond acceptors (Lipinski definition) is 5. The maximum atomic E-state index is 11.9. The van der Waals surface area contributed by atoms with E-state index in [1.54, 1.807) is 9.12 Å². The van der Waals surface area contributed by atoms with E-state index in [4.69, 9.17) is 4.74 Å². The van der Waals surface area contributed by atoms with Crippen molar-refractivity contribution in [1.29, 1.82) is 0 Å². The summed E-state index contributed by atoms with van der Waals surface area (Å²) in [6, 6.07) is 0.321. The van der Waals surface area contributed by atoms with Crippen LogP contribution in [0.4, 0.5) is 0 Å². The van der Waals surface area contributed by atoms with E-state index in [9.17, 15) is 4.79 Å². The number of nitrogens with zero attached hydrogens (tertiary/aromatic N) is 2. The Kier molecular flexibility index (Phi) is 8.12. The van der Waals surface area contributed by atoms with Crippen molar-refractivity contribution in [2.24, 2.45) is 5.92 Å². The Morgan fingerprint density at radius 3 is 2.71 bits per heavy atom. The first-order valence-corrected chi connectivity index (χ1v) is 11.5. The Balaban J connectivity index is 1.89. The molecule has 4 nitrogen and oxygen atoms in total. The molecule has 1 aliphatic heterocycles. The van der Waals surface area contributed by atoms with Gasteiger partial charge in [-0.1, -0.05) is 19.3 Å². The SMILES string of the molecule is CCOC(=O)CC1CN(SI)CCN1CC1CCCCC1. The van der Waals surface area contributed by atoms with Gasteiger partial charge in [0.2, 0.25) is 0 Å². The van der Waals surface area contributed by atoms with Crippen molar-refractivity contribution in [2.45, 2.75) is 51.5 Å². The summed E-state index contributed by atoms with van der Waals surface area (Å²) < 4.78 is 7.52. The third-order valence-electron chi connectivity index (χ3n) is 4.59. The van der Waals surface area contributed by atoms with Gasteiger partial charge in [-0.25, -0.2) is 4.31 Å². The molecule has 2 rings (SSSR count). The van der Waals surface area contributed by atoms with Crippen LogP contribution in [0.2, 0.25) is 0 Å². The maximum Gasteiger partial charge on any atom is 0.307 e. The molecule has 2 aliphatic rings. The second-order valence-corrected chi connectivity index (χ2v) is 7.96. The maximum absolute atomic E-state index is 11.9. The van der Waals surface area contributed by atoms with Crippen LogP contribution in [-0.2, 0) is 9.53 Å². The van der Waals surface area contributed by atoms with Crippen molar-refractivity contribution in [1.82, 2.24) is 9.21 Å². The molecule has 0 aromatic carbocycles. The predicted octanol–water partition coefficient (Wildman–Crippen LogP) is 3.50. The van der Waals surface area contributed by atoms with Gasteiger partial charge in [-0.15, -0.1) is 0 Å². The van der Waals surface area contributed by atoms with Gasteiger partial charge < -0.3 is 4.74 Å². The van der Waals surface area contributed by atoms with Crippen LogP contribution in [0, 0.1) is 5.92 Å². The van der Waals surface area contributed by atoms with E-state index in [1.165, 1.54) is 38.6 Å². The topological polar surface area (TPSA) is 32.8 Å². The number of carbonyl (C=O) groups is 1. The third-order valence-corrected chi connectivity index (χ3v) is 6.79. The van der Waals surface area contributed by atoms with E-state index in [-0.39, 0.29) is 5.97 Å². The lowest BCUT2D eigenvalue weighted by atomic mass is 9.88. The first kappa shape index (κ1) is 17.8. The molecule has 0 amide bonds. The molecule has 0 radical (unpaired) electrons. The number of ether oxygens (including phenoxy) is 1. The van der Waals surface area contributed by atoms with Crippen LogP contribution in [0.1, 0.15) is 45.4 Å². The lowest BCUT2D eigenvalue weighted by Crippen LogP contribution is -2.53. The predicted molar refractivity (Wildman–Crippen MR) is 96.4 cm³/mol. The van der Waals surface area contributed by atoms with Crippen LogP contribution in [0.5, 0.6) is 0 Å². The Morgan fingerprint density at radius 2 is 2.05 bits per heavy atom. The van der Waals surface area contributed by atoms with Crippen LogP contribution >= 0.6 is 30.3 Å². The number of piperazine rings is 1. The highest BCUT2D eigenvalue weighted by Crippen LogP contribution is 2.28. The summed E-state index contributed by atoms with van der Waals surface area (Å²) in [5.41, 5.74) is 0. The van der Waals surface area contributed by atoms with E-state index in [1.807, 2.05) is 6.92 Å². The summed E-state index contributed by atoms with van der Waals surface area (Å²) in [6.45, 7) is 6.68. The highest BCUT2D eigenvalue weighted by molar-refractivity contribution is 14.2. The Labute approximate surface area is 145 Å². The highest BCUT2D eigenvalue weighted by Gasteiger charge is 2.31. The number of esters is 1. The van der Waals surface area contributed by atoms with E-state index >= 15 is 0 Å². The summed E-state index contributed by atoms with van der Waals surface area (Å²) in [5.74, 6) is 0.790. The Hall–Kier alpha value is 0.470. The molecule has 1 aliphatic carbocycles. The normalized spacial score (nSPS) is 25.9. The largest absolute Gasteiger partial charge is 0.466 e. The number of rotatable bonds is 6. The first-order valence-electron chi connectivity index (χ1n) is 8.16. The van der Waals surface area contributed by atoms with Crippen molar-refractivity contribution in [3.05, 3.63) is 0 Å². The molecule has 6 heteroatoms. The molecule has 1 unspecified atom stereocenters. The molecule has 122 valence electrons. The fourth-order valence-corrected chi connectivity index (χ4v) is 4.93. The molecular formula is C15H27IN2O2S. The van der Waals surface area contributed by atoms with Gasteiger partial charge in [0, 0.05) is 53.4 Å². The minimum absolute atomic E-state index is 0.0450. The second-order valence-electron chi connectivity index (χ2n) is 6.12. The Morgan fingerprint density at radius 1 is 1.29 bits per heavy atom. The summed E-state index contributed by atoms with van der Waals surface area (Å²) in [7, 11) is 1.76. The van der Waals surface area contributed by atoms with Gasteiger partial charge in [0.25, 0.3) is 0 Å². The minimum Gasteiger partial charge on any atom is -0.466 e. The molecule has 0 spiro atoms. The van der Waals surface area contributed by atoms with Gasteiger partial charge in [0.1, 0.15) is 0 Å². The van der Waals surface area contributed by atoms with Gasteiger partial charge >= 0.3 is 5.97 Å². The molecule has 1 heterocycles. The van der Waals surface area contributed by atoms with Gasteiger partial charge in [-0.05, 0) is 34.8 Å². The van der Waals surface area contributed by atoms with Crippen LogP contribution in [-0.4, -0.2) is 54.0 Å². The molecule has 0 N–H and O–H groups in total. The van der Waals surface area contributed by atoms with Gasteiger partial charge in [-0.2, -0.15) is 0 Å². The zero-order chi connectivity index (χ0) is 15.1. The molecule has 0 aromatic heterocycles. The molecule has 0 aromatic rings. The van der Waals surface area contributed by atoms with Crippen molar-refractivity contribution < 1.29 is 9.53 Å². The first-order chi connectivity index (χ1) is 10.2. The van der Waals surface area contributed by atoms with Gasteiger partial charge in [0.15, 0.2) is 0 Å². The fraction of sp³-hybridized carbons (Fsp3) is 0.933. The standard InChI is InChI=1S/C15H27IN2O2S/c1-2-20-15(19)10-14-12-18(21-16)9-8-17(14)11-13-6-4-3-5-7-13/h13-14H,2-12H2,1H3. The summed E-state index contributed by atoms with van der Waals surface area (Å²) in [4.78, 5) is 14.4. The molecule has 1 saturated heterocycles. The summed E-state index contributed by atoms with van der Waals surface area (Å²) in [6.07, 6.45) is 7.45. The van der Waals surface area contributed by atoms with Crippen LogP contribution in [0.3, 0.4) is 0 Å². The highest BCUT2D eigenvalue weighted by atomic mass is 127. The Bertz CT molecular complexity index is 327. The lowest BCUT2D eigenvalue weighted by Gasteiger charge is -2.41. The average Bonchev–Trinajstić information content (AvgIpc) is 2.50. The minimum atomic E-state index is -0.0450.